The van der Waals surface area contributed by atoms with E-state index in [0.29, 0.717) is 0 Å². The van der Waals surface area contributed by atoms with Gasteiger partial charge in [0, 0.05) is 5.57 Å². The van der Waals surface area contributed by atoms with Gasteiger partial charge in [-0.05, 0) is 6.92 Å². The Labute approximate surface area is 93.9 Å². The molecule has 7 nitrogen and oxygen atoms in total. The average Bonchev–Trinajstić information content (AvgIpc) is 2.18. The van der Waals surface area contributed by atoms with E-state index in [2.05, 4.69) is 11.3 Å². The van der Waals surface area contributed by atoms with Gasteiger partial charge in [-0.1, -0.05) is 11.1 Å². The minimum absolute atomic E-state index is 0.0419. The summed E-state index contributed by atoms with van der Waals surface area (Å²) >= 11 is 0. The second-order valence-corrected chi connectivity index (χ2v) is 3.82. The van der Waals surface area contributed by atoms with Crippen molar-refractivity contribution in [3.05, 3.63) is 12.2 Å². The molecular weight excluding hydrogens is 239 g/mol. The minimum Gasteiger partial charge on any atom is -0.593 e. The van der Waals surface area contributed by atoms with Crippen LogP contribution in [0.5, 0.6) is 0 Å². The molecule has 0 saturated carbocycles. The zero-order valence-corrected chi connectivity index (χ0v) is 9.72. The molecule has 0 aromatic rings. The number of hydrogen-bond acceptors (Lipinski definition) is 6. The second kappa shape index (κ2) is 10.7. The first-order valence-corrected chi connectivity index (χ1v) is 5.46. The summed E-state index contributed by atoms with van der Waals surface area (Å²) in [5.74, 6) is -2.39. The first kappa shape index (κ1) is 17.5. The molecule has 94 valence electrons. The third-order valence-corrected chi connectivity index (χ3v) is 1.75. The molecule has 0 aromatic heterocycles. The summed E-state index contributed by atoms with van der Waals surface area (Å²) in [5.41, 5.74) is 0.176. The van der Waals surface area contributed by atoms with Gasteiger partial charge in [0.25, 0.3) is 5.85 Å². The van der Waals surface area contributed by atoms with E-state index in [4.69, 9.17) is 15.3 Å². The number of hydrogen-bond donors (Lipinski definition) is 3. The highest BCUT2D eigenvalue weighted by molar-refractivity contribution is 7.37. The van der Waals surface area contributed by atoms with Gasteiger partial charge in [0.2, 0.25) is 0 Å². The maximum atomic E-state index is 9.94. The summed E-state index contributed by atoms with van der Waals surface area (Å²) in [7, 11) is -2.83. The first-order valence-electron chi connectivity index (χ1n) is 4.21. The molecule has 3 N–H and O–H groups in total. The highest BCUT2D eigenvalue weighted by atomic mass is 31.1. The highest BCUT2D eigenvalue weighted by Gasteiger charge is 2.16. The van der Waals surface area contributed by atoms with Gasteiger partial charge in [-0.15, -0.1) is 0 Å². The molecule has 0 radical (unpaired) electrons. The average molecular weight is 254 g/mol. The van der Waals surface area contributed by atoms with Gasteiger partial charge in [-0.3, -0.25) is 0 Å². The quantitative estimate of drug-likeness (QED) is 0.317. The molecule has 0 fully saturated rings. The lowest BCUT2D eigenvalue weighted by molar-refractivity contribution is -0.173. The number of aliphatic carboxylic acids is 1. The van der Waals surface area contributed by atoms with Gasteiger partial charge in [0.15, 0.2) is 0 Å². The number of carboxylic acids is 1. The van der Waals surface area contributed by atoms with Gasteiger partial charge in [0.1, 0.15) is 6.61 Å². The van der Waals surface area contributed by atoms with Crippen LogP contribution >= 0.6 is 8.03 Å². The van der Waals surface area contributed by atoms with Gasteiger partial charge in [-0.2, -0.15) is 0 Å². The van der Waals surface area contributed by atoms with Crippen molar-refractivity contribution in [3.8, 4) is 0 Å². The maximum absolute atomic E-state index is 9.94. The van der Waals surface area contributed by atoms with Crippen LogP contribution in [0.15, 0.2) is 12.2 Å². The Morgan fingerprint density at radius 2 is 2.06 bits per heavy atom. The Kier molecular flexibility index (Phi) is 11.7. The molecule has 2 atom stereocenters. The van der Waals surface area contributed by atoms with Crippen LogP contribution in [-0.4, -0.2) is 47.0 Å². The number of aliphatic hydroxyl groups excluding tert-OH is 2. The third kappa shape index (κ3) is 13.2. The maximum Gasteiger partial charge on any atom is 0.343 e. The topological polar surface area (TPSA) is 127 Å². The molecule has 16 heavy (non-hydrogen) atoms. The van der Waals surface area contributed by atoms with Crippen LogP contribution in [0.2, 0.25) is 0 Å². The zero-order chi connectivity index (χ0) is 13.1. The fourth-order valence-electron chi connectivity index (χ4n) is 0.314. The molecule has 2 unspecified atom stereocenters. The molecule has 0 aliphatic rings. The standard InChI is InChI=1S/C4H9O5P.C4H6O2/c5-1-2-9-3-4(6)10(7)8;1-3(2)4(5)6/h4-6H,1-3H2;1H2,2H3,(H,5,6). The lowest BCUT2D eigenvalue weighted by Crippen LogP contribution is -2.16. The number of rotatable bonds is 6. The first-order chi connectivity index (χ1) is 7.32. The normalized spacial score (nSPS) is 12.1. The van der Waals surface area contributed by atoms with Gasteiger partial charge >= 0.3 is 14.0 Å². The van der Waals surface area contributed by atoms with E-state index < -0.39 is 19.8 Å². The fourth-order valence-corrected chi connectivity index (χ4v) is 0.541. The van der Waals surface area contributed by atoms with Crippen molar-refractivity contribution in [2.75, 3.05) is 19.8 Å². The number of aliphatic hydroxyl groups is 2. The molecule has 0 amide bonds. The van der Waals surface area contributed by atoms with Crippen LogP contribution in [0.4, 0.5) is 0 Å². The summed E-state index contributed by atoms with van der Waals surface area (Å²) in [4.78, 5) is 19.5. The largest absolute Gasteiger partial charge is 0.593 e. The van der Waals surface area contributed by atoms with E-state index in [-0.39, 0.29) is 25.4 Å². The van der Waals surface area contributed by atoms with Crippen LogP contribution < -0.4 is 4.89 Å². The molecule has 0 aliphatic heterocycles. The zero-order valence-electron chi connectivity index (χ0n) is 8.83. The van der Waals surface area contributed by atoms with Crippen molar-refractivity contribution in [2.45, 2.75) is 12.8 Å². The van der Waals surface area contributed by atoms with E-state index in [9.17, 15) is 14.3 Å². The molecule has 0 aliphatic carbocycles. The van der Waals surface area contributed by atoms with Crippen molar-refractivity contribution in [2.24, 2.45) is 0 Å². The molecule has 0 heterocycles. The Morgan fingerprint density at radius 3 is 2.31 bits per heavy atom. The number of carboxylic acid groups (broad SMARTS) is 1. The lowest BCUT2D eigenvalue weighted by atomic mass is 10.4. The molecule has 0 rings (SSSR count). The molecule has 8 heteroatoms. The van der Waals surface area contributed by atoms with Gasteiger partial charge < -0.3 is 24.9 Å². The predicted molar refractivity (Wildman–Crippen MR) is 54.0 cm³/mol. The second-order valence-electron chi connectivity index (χ2n) is 2.65. The fraction of sp³-hybridized carbons (Fsp3) is 0.625. The van der Waals surface area contributed by atoms with Gasteiger partial charge in [0.05, 0.1) is 13.2 Å². The summed E-state index contributed by atoms with van der Waals surface area (Å²) in [6, 6.07) is 0. The number of carbonyl (C=O) groups is 1. The Balaban J connectivity index is 0. The van der Waals surface area contributed by atoms with Crippen LogP contribution in [0.25, 0.3) is 0 Å². The van der Waals surface area contributed by atoms with Crippen molar-refractivity contribution < 1.29 is 34.3 Å². The van der Waals surface area contributed by atoms with Crippen LogP contribution in [0.3, 0.4) is 0 Å². The Bertz CT molecular complexity index is 229. The summed E-state index contributed by atoms with van der Waals surface area (Å²) < 4.78 is 14.5. The van der Waals surface area contributed by atoms with Crippen molar-refractivity contribution in [1.29, 1.82) is 0 Å². The van der Waals surface area contributed by atoms with Crippen molar-refractivity contribution in [1.82, 2.24) is 0 Å². The minimum atomic E-state index is -2.83. The smallest absolute Gasteiger partial charge is 0.343 e. The molecule has 0 aromatic carbocycles. The van der Waals surface area contributed by atoms with Crippen LogP contribution in [-0.2, 0) is 14.1 Å². The Morgan fingerprint density at radius 1 is 1.62 bits per heavy atom. The predicted octanol–water partition coefficient (Wildman–Crippen LogP) is -0.937. The SMILES string of the molecule is C=C(C)C(=O)O.O=[P+]([O-])C(O)COCCO. The van der Waals surface area contributed by atoms with E-state index in [0.717, 1.165) is 0 Å². The molecule has 0 saturated heterocycles. The van der Waals surface area contributed by atoms with Crippen LogP contribution in [0, 0.1) is 0 Å². The van der Waals surface area contributed by atoms with E-state index in [1.54, 1.807) is 0 Å². The van der Waals surface area contributed by atoms with Gasteiger partial charge in [-0.25, -0.2) is 4.79 Å². The lowest BCUT2D eigenvalue weighted by Gasteiger charge is -2.01. The van der Waals surface area contributed by atoms with E-state index in [1.807, 2.05) is 0 Å². The molecular formula is C8H15O7P. The van der Waals surface area contributed by atoms with Crippen LogP contribution in [0.1, 0.15) is 6.92 Å². The summed E-state index contributed by atoms with van der Waals surface area (Å²) in [6.07, 6.45) is 0. The van der Waals surface area contributed by atoms with Crippen molar-refractivity contribution >= 4 is 14.0 Å². The van der Waals surface area contributed by atoms with E-state index in [1.165, 1.54) is 6.92 Å². The molecule has 0 spiro atoms. The number of ether oxygens (including phenoxy) is 1. The van der Waals surface area contributed by atoms with Crippen molar-refractivity contribution in [3.63, 3.8) is 0 Å². The monoisotopic (exact) mass is 254 g/mol. The highest BCUT2D eigenvalue weighted by Crippen LogP contribution is 2.13. The Hall–Kier alpha value is -0.850. The summed E-state index contributed by atoms with van der Waals surface area (Å²) in [5, 5.41) is 24.6. The van der Waals surface area contributed by atoms with E-state index >= 15 is 0 Å². The third-order valence-electron chi connectivity index (χ3n) is 1.11. The summed E-state index contributed by atoms with van der Waals surface area (Å²) in [6.45, 7) is 4.19. The molecule has 0 bridgehead atoms.